The summed E-state index contributed by atoms with van der Waals surface area (Å²) in [6.07, 6.45) is 3.43. The highest BCUT2D eigenvalue weighted by Gasteiger charge is 2.19. The van der Waals surface area contributed by atoms with Gasteiger partial charge >= 0.3 is 0 Å². The molecule has 7 heteroatoms. The molecule has 0 aliphatic carbocycles. The maximum atomic E-state index is 11.9. The largest absolute Gasteiger partial charge is 0.396 e. The fourth-order valence-electron chi connectivity index (χ4n) is 1.90. The van der Waals surface area contributed by atoms with Crippen molar-refractivity contribution in [2.45, 2.75) is 24.7 Å². The number of halogens is 1. The molecular weight excluding hydrogens is 388 g/mol. The molecule has 0 fully saturated rings. The SMILES string of the molecule is CCC(=O)c1sc(NCCc2ccc(Br)s2)c(SC)c1N. The van der Waals surface area contributed by atoms with Gasteiger partial charge in [0.2, 0.25) is 0 Å². The average molecular weight is 405 g/mol. The van der Waals surface area contributed by atoms with Gasteiger partial charge in [0.25, 0.3) is 0 Å². The van der Waals surface area contributed by atoms with E-state index in [1.165, 1.54) is 16.2 Å². The van der Waals surface area contributed by atoms with E-state index in [2.05, 4.69) is 33.4 Å². The van der Waals surface area contributed by atoms with Gasteiger partial charge in [-0.15, -0.1) is 34.4 Å². The van der Waals surface area contributed by atoms with E-state index >= 15 is 0 Å². The van der Waals surface area contributed by atoms with E-state index in [9.17, 15) is 4.79 Å². The van der Waals surface area contributed by atoms with Crippen LogP contribution in [0.4, 0.5) is 10.7 Å². The molecule has 0 aliphatic heterocycles. The van der Waals surface area contributed by atoms with Crippen molar-refractivity contribution < 1.29 is 4.79 Å². The van der Waals surface area contributed by atoms with Crippen LogP contribution in [0.5, 0.6) is 0 Å². The van der Waals surface area contributed by atoms with Crippen molar-refractivity contribution in [3.8, 4) is 0 Å². The van der Waals surface area contributed by atoms with Crippen molar-refractivity contribution in [3.63, 3.8) is 0 Å². The van der Waals surface area contributed by atoms with E-state index in [1.54, 1.807) is 23.1 Å². The Labute approximate surface area is 145 Å². The van der Waals surface area contributed by atoms with Crippen LogP contribution in [0, 0.1) is 0 Å². The topological polar surface area (TPSA) is 55.1 Å². The first-order chi connectivity index (χ1) is 10.1. The molecule has 0 aromatic carbocycles. The lowest BCUT2D eigenvalue weighted by atomic mass is 10.2. The molecule has 114 valence electrons. The Bertz CT molecular complexity index is 636. The minimum absolute atomic E-state index is 0.114. The van der Waals surface area contributed by atoms with Crippen molar-refractivity contribution in [3.05, 3.63) is 25.7 Å². The summed E-state index contributed by atoms with van der Waals surface area (Å²) in [6, 6.07) is 4.19. The summed E-state index contributed by atoms with van der Waals surface area (Å²) in [5.74, 6) is 0.114. The Morgan fingerprint density at radius 1 is 1.43 bits per heavy atom. The fourth-order valence-corrected chi connectivity index (χ4v) is 5.45. The van der Waals surface area contributed by atoms with E-state index in [0.717, 1.165) is 26.6 Å². The average Bonchev–Trinajstić information content (AvgIpc) is 3.02. The lowest BCUT2D eigenvalue weighted by molar-refractivity contribution is 0.0992. The van der Waals surface area contributed by atoms with Gasteiger partial charge in [-0.05, 0) is 40.7 Å². The van der Waals surface area contributed by atoms with Gasteiger partial charge in [0.1, 0.15) is 5.00 Å². The highest BCUT2D eigenvalue weighted by atomic mass is 79.9. The number of Topliss-reactive ketones (excluding diaryl/α,β-unsaturated/α-hetero) is 1. The molecule has 0 atom stereocenters. The number of thioether (sulfide) groups is 1. The fraction of sp³-hybridized carbons (Fsp3) is 0.357. The van der Waals surface area contributed by atoms with Crippen LogP contribution < -0.4 is 11.1 Å². The molecule has 2 aromatic heterocycles. The van der Waals surface area contributed by atoms with Crippen molar-refractivity contribution in [2.75, 3.05) is 23.9 Å². The van der Waals surface area contributed by atoms with Crippen LogP contribution in [-0.4, -0.2) is 18.6 Å². The number of hydrogen-bond donors (Lipinski definition) is 2. The lowest BCUT2D eigenvalue weighted by Gasteiger charge is -2.05. The number of nitrogens with two attached hydrogens (primary N) is 1. The highest BCUT2D eigenvalue weighted by molar-refractivity contribution is 9.11. The molecule has 0 bridgehead atoms. The normalized spacial score (nSPS) is 10.8. The van der Waals surface area contributed by atoms with Crippen molar-refractivity contribution in [1.29, 1.82) is 0 Å². The zero-order chi connectivity index (χ0) is 15.4. The van der Waals surface area contributed by atoms with Crippen LogP contribution in [0.25, 0.3) is 0 Å². The number of hydrogen-bond acceptors (Lipinski definition) is 6. The molecule has 0 unspecified atom stereocenters. The number of thiophene rings is 2. The minimum Gasteiger partial charge on any atom is -0.396 e. The summed E-state index contributed by atoms with van der Waals surface area (Å²) in [6.45, 7) is 2.70. The third kappa shape index (κ3) is 4.03. The number of anilines is 2. The molecular formula is C14H17BrN2OS3. The van der Waals surface area contributed by atoms with E-state index in [-0.39, 0.29) is 5.78 Å². The molecule has 0 amide bonds. The predicted molar refractivity (Wildman–Crippen MR) is 99.3 cm³/mol. The predicted octanol–water partition coefficient (Wildman–Crippen LogP) is 5.12. The molecule has 21 heavy (non-hydrogen) atoms. The van der Waals surface area contributed by atoms with Crippen molar-refractivity contribution in [2.24, 2.45) is 0 Å². The number of nitrogens with one attached hydrogen (secondary N) is 1. The Kier molecular flexibility index (Phi) is 6.16. The van der Waals surface area contributed by atoms with E-state index < -0.39 is 0 Å². The van der Waals surface area contributed by atoms with Crippen LogP contribution in [0.15, 0.2) is 20.8 Å². The first-order valence-corrected chi connectivity index (χ1v) is 10.2. The molecule has 0 saturated heterocycles. The molecule has 0 aliphatic rings. The van der Waals surface area contributed by atoms with Crippen molar-refractivity contribution in [1.82, 2.24) is 0 Å². The summed E-state index contributed by atoms with van der Waals surface area (Å²) >= 11 is 8.28. The summed E-state index contributed by atoms with van der Waals surface area (Å²) in [5, 5.41) is 4.43. The molecule has 2 heterocycles. The van der Waals surface area contributed by atoms with Gasteiger partial charge in [0, 0.05) is 17.8 Å². The number of carbonyl (C=O) groups excluding carboxylic acids is 1. The maximum Gasteiger partial charge on any atom is 0.174 e. The second kappa shape index (κ2) is 7.67. The minimum atomic E-state index is 0.114. The molecule has 3 nitrogen and oxygen atoms in total. The molecule has 0 spiro atoms. The number of rotatable bonds is 7. The maximum absolute atomic E-state index is 11.9. The first kappa shape index (κ1) is 16.9. The van der Waals surface area contributed by atoms with Gasteiger partial charge < -0.3 is 11.1 Å². The summed E-state index contributed by atoms with van der Waals surface area (Å²) in [7, 11) is 0. The molecule has 2 rings (SSSR count). The van der Waals surface area contributed by atoms with Gasteiger partial charge in [0.15, 0.2) is 5.78 Å². The smallest absolute Gasteiger partial charge is 0.174 e. The van der Waals surface area contributed by atoms with Gasteiger partial charge in [-0.25, -0.2) is 0 Å². The van der Waals surface area contributed by atoms with Gasteiger partial charge in [-0.2, -0.15) is 0 Å². The van der Waals surface area contributed by atoms with Gasteiger partial charge in [-0.3, -0.25) is 4.79 Å². The monoisotopic (exact) mass is 404 g/mol. The molecule has 3 N–H and O–H groups in total. The van der Waals surface area contributed by atoms with E-state index in [0.29, 0.717) is 17.0 Å². The quantitative estimate of drug-likeness (QED) is 0.496. The second-order valence-corrected chi connectivity index (χ2v) is 8.75. The van der Waals surface area contributed by atoms with Crippen LogP contribution in [0.2, 0.25) is 0 Å². The van der Waals surface area contributed by atoms with Gasteiger partial charge in [0.05, 0.1) is 19.2 Å². The van der Waals surface area contributed by atoms with Crippen LogP contribution in [0.3, 0.4) is 0 Å². The van der Waals surface area contributed by atoms with Gasteiger partial charge in [-0.1, -0.05) is 6.92 Å². The third-order valence-corrected chi connectivity index (χ3v) is 6.81. The number of carbonyl (C=O) groups is 1. The Morgan fingerprint density at radius 2 is 2.19 bits per heavy atom. The summed E-state index contributed by atoms with van der Waals surface area (Å²) in [5.41, 5.74) is 6.73. The van der Waals surface area contributed by atoms with Crippen LogP contribution in [0.1, 0.15) is 27.9 Å². The number of ketones is 1. The summed E-state index contributed by atoms with van der Waals surface area (Å²) in [4.78, 5) is 14.9. The third-order valence-electron chi connectivity index (χ3n) is 2.96. The second-order valence-electron chi connectivity index (χ2n) is 4.37. The summed E-state index contributed by atoms with van der Waals surface area (Å²) < 4.78 is 1.15. The van der Waals surface area contributed by atoms with E-state index in [1.807, 2.05) is 13.2 Å². The Morgan fingerprint density at radius 3 is 2.76 bits per heavy atom. The lowest BCUT2D eigenvalue weighted by Crippen LogP contribution is -2.03. The molecule has 2 aromatic rings. The van der Waals surface area contributed by atoms with E-state index in [4.69, 9.17) is 5.73 Å². The Balaban J connectivity index is 2.07. The zero-order valence-electron chi connectivity index (χ0n) is 11.9. The number of nitrogen functional groups attached to an aromatic ring is 1. The standard InChI is InChI=1S/C14H17BrN2OS3/c1-3-9(18)12-11(16)13(19-2)14(21-12)17-7-6-8-4-5-10(15)20-8/h4-5,17H,3,6-7,16H2,1-2H3. The zero-order valence-corrected chi connectivity index (χ0v) is 15.9. The molecule has 0 saturated carbocycles. The van der Waals surface area contributed by atoms with Crippen molar-refractivity contribution >= 4 is 66.8 Å². The van der Waals surface area contributed by atoms with Crippen LogP contribution >= 0.6 is 50.4 Å². The van der Waals surface area contributed by atoms with Crippen LogP contribution in [-0.2, 0) is 6.42 Å². The Hall–Kier alpha value is -0.500. The first-order valence-electron chi connectivity index (χ1n) is 6.54. The molecule has 0 radical (unpaired) electrons. The highest BCUT2D eigenvalue weighted by Crippen LogP contribution is 2.42.